The highest BCUT2D eigenvalue weighted by Crippen LogP contribution is 2.28. The number of carbonyl (C=O) groups is 1. The van der Waals surface area contributed by atoms with Crippen LogP contribution in [0.25, 0.3) is 0 Å². The zero-order valence-electron chi connectivity index (χ0n) is 11.8. The van der Waals surface area contributed by atoms with Crippen LogP contribution < -0.4 is 9.47 Å². The highest BCUT2D eigenvalue weighted by molar-refractivity contribution is 5.81. The largest absolute Gasteiger partial charge is 0.493 e. The van der Waals surface area contributed by atoms with Gasteiger partial charge in [0.1, 0.15) is 6.61 Å². The van der Waals surface area contributed by atoms with Gasteiger partial charge >= 0.3 is 0 Å². The van der Waals surface area contributed by atoms with Gasteiger partial charge in [0.15, 0.2) is 17.3 Å². The summed E-state index contributed by atoms with van der Waals surface area (Å²) in [7, 11) is 1.57. The lowest BCUT2D eigenvalue weighted by Gasteiger charge is -2.12. The fraction of sp³-hybridized carbons (Fsp3) is 0.533. The quantitative estimate of drug-likeness (QED) is 0.784. The molecule has 0 aliphatic rings. The molecule has 0 aromatic heterocycles. The van der Waals surface area contributed by atoms with E-state index in [9.17, 15) is 4.79 Å². The second-order valence-electron chi connectivity index (χ2n) is 4.72. The van der Waals surface area contributed by atoms with Crippen LogP contribution in [0.4, 0.5) is 0 Å². The molecule has 4 heteroatoms. The van der Waals surface area contributed by atoms with Gasteiger partial charge in [-0.3, -0.25) is 4.79 Å². The molecule has 0 spiro atoms. The van der Waals surface area contributed by atoms with E-state index < -0.39 is 0 Å². The maximum atomic E-state index is 11.5. The van der Waals surface area contributed by atoms with Crippen LogP contribution in [0.2, 0.25) is 0 Å². The summed E-state index contributed by atoms with van der Waals surface area (Å²) in [5.74, 6) is 1.22. The molecule has 0 heterocycles. The summed E-state index contributed by atoms with van der Waals surface area (Å²) >= 11 is 0. The summed E-state index contributed by atoms with van der Waals surface area (Å²) in [5, 5.41) is 8.81. The van der Waals surface area contributed by atoms with Gasteiger partial charge in [-0.1, -0.05) is 19.9 Å². The lowest BCUT2D eigenvalue weighted by atomic mass is 10.1. The van der Waals surface area contributed by atoms with Crippen LogP contribution in [0.3, 0.4) is 0 Å². The van der Waals surface area contributed by atoms with Gasteiger partial charge < -0.3 is 14.6 Å². The van der Waals surface area contributed by atoms with Gasteiger partial charge in [-0.25, -0.2) is 0 Å². The van der Waals surface area contributed by atoms with Crippen molar-refractivity contribution in [3.8, 4) is 11.5 Å². The van der Waals surface area contributed by atoms with Gasteiger partial charge in [0.05, 0.1) is 7.11 Å². The van der Waals surface area contributed by atoms with Gasteiger partial charge in [0, 0.05) is 12.5 Å². The van der Waals surface area contributed by atoms with Crippen LogP contribution in [0.1, 0.15) is 25.8 Å². The first-order valence-electron chi connectivity index (χ1n) is 6.51. The number of ketones is 1. The molecule has 19 heavy (non-hydrogen) atoms. The van der Waals surface area contributed by atoms with Crippen molar-refractivity contribution >= 4 is 5.78 Å². The number of aliphatic hydroxyl groups excluding tert-OH is 1. The lowest BCUT2D eigenvalue weighted by molar-refractivity contribution is -0.123. The number of benzene rings is 1. The summed E-state index contributed by atoms with van der Waals surface area (Å²) in [6.45, 7) is 3.93. The standard InChI is InChI=1S/C15H22O4/c1-11(2)13(17)10-19-14-7-6-12(5-4-8-16)9-15(14)18-3/h6-7,9,11,16H,4-5,8,10H2,1-3H3. The van der Waals surface area contributed by atoms with Crippen molar-refractivity contribution in [1.29, 1.82) is 0 Å². The van der Waals surface area contributed by atoms with Crippen molar-refractivity contribution in [3.63, 3.8) is 0 Å². The molecule has 0 aliphatic carbocycles. The Hall–Kier alpha value is -1.55. The summed E-state index contributed by atoms with van der Waals surface area (Å²) in [6.07, 6.45) is 1.51. The minimum absolute atomic E-state index is 0.0326. The number of methoxy groups -OCH3 is 1. The number of aliphatic hydroxyl groups is 1. The number of carbonyl (C=O) groups excluding carboxylic acids is 1. The van der Waals surface area contributed by atoms with Crippen molar-refractivity contribution in [2.45, 2.75) is 26.7 Å². The fourth-order valence-corrected chi connectivity index (χ4v) is 1.59. The van der Waals surface area contributed by atoms with Crippen molar-refractivity contribution in [1.82, 2.24) is 0 Å². The van der Waals surface area contributed by atoms with Crippen molar-refractivity contribution in [3.05, 3.63) is 23.8 Å². The Balaban J connectivity index is 2.70. The zero-order valence-corrected chi connectivity index (χ0v) is 11.8. The number of hydrogen-bond acceptors (Lipinski definition) is 4. The van der Waals surface area contributed by atoms with E-state index in [1.165, 1.54) is 0 Å². The monoisotopic (exact) mass is 266 g/mol. The van der Waals surface area contributed by atoms with Crippen molar-refractivity contribution in [2.24, 2.45) is 5.92 Å². The molecular formula is C15H22O4. The number of hydrogen-bond donors (Lipinski definition) is 1. The molecule has 0 radical (unpaired) electrons. The van der Waals surface area contributed by atoms with E-state index in [0.717, 1.165) is 18.4 Å². The summed E-state index contributed by atoms with van der Waals surface area (Å²) in [4.78, 5) is 11.5. The maximum absolute atomic E-state index is 11.5. The lowest BCUT2D eigenvalue weighted by Crippen LogP contribution is -2.17. The molecule has 0 atom stereocenters. The molecule has 0 saturated heterocycles. The third kappa shape index (κ3) is 4.91. The second kappa shape index (κ2) is 7.79. The first-order chi connectivity index (χ1) is 9.08. The molecule has 1 rings (SSSR count). The van der Waals surface area contributed by atoms with Crippen LogP contribution in [0.5, 0.6) is 11.5 Å². The van der Waals surface area contributed by atoms with Crippen LogP contribution in [0.15, 0.2) is 18.2 Å². The Morgan fingerprint density at radius 3 is 2.63 bits per heavy atom. The van der Waals surface area contributed by atoms with E-state index in [4.69, 9.17) is 14.6 Å². The average Bonchev–Trinajstić information content (AvgIpc) is 2.42. The maximum Gasteiger partial charge on any atom is 0.172 e. The van der Waals surface area contributed by atoms with Crippen molar-refractivity contribution in [2.75, 3.05) is 20.3 Å². The van der Waals surface area contributed by atoms with Gasteiger partial charge in [0.2, 0.25) is 0 Å². The highest BCUT2D eigenvalue weighted by atomic mass is 16.5. The number of Topliss-reactive ketones (excluding diaryl/α,β-unsaturated/α-hetero) is 1. The van der Waals surface area contributed by atoms with Crippen molar-refractivity contribution < 1.29 is 19.4 Å². The van der Waals surface area contributed by atoms with E-state index in [1.807, 2.05) is 26.0 Å². The van der Waals surface area contributed by atoms with Crippen LogP contribution in [0, 0.1) is 5.92 Å². The molecule has 1 aromatic carbocycles. The SMILES string of the molecule is COc1cc(CCCO)ccc1OCC(=O)C(C)C. The zero-order chi connectivity index (χ0) is 14.3. The summed E-state index contributed by atoms with van der Waals surface area (Å²) < 4.78 is 10.7. The molecule has 0 unspecified atom stereocenters. The third-order valence-electron chi connectivity index (χ3n) is 2.87. The topological polar surface area (TPSA) is 55.8 Å². The Morgan fingerprint density at radius 1 is 1.32 bits per heavy atom. The number of aryl methyl sites for hydroxylation is 1. The molecule has 0 bridgehead atoms. The Morgan fingerprint density at radius 2 is 2.05 bits per heavy atom. The van der Waals surface area contributed by atoms with Crippen LogP contribution in [-0.2, 0) is 11.2 Å². The molecular weight excluding hydrogens is 244 g/mol. The predicted molar refractivity (Wildman–Crippen MR) is 73.7 cm³/mol. The highest BCUT2D eigenvalue weighted by Gasteiger charge is 2.11. The van der Waals surface area contributed by atoms with Gasteiger partial charge in [0.25, 0.3) is 0 Å². The molecule has 106 valence electrons. The molecule has 1 N–H and O–H groups in total. The summed E-state index contributed by atoms with van der Waals surface area (Å²) in [5.41, 5.74) is 1.08. The van der Waals surface area contributed by atoms with E-state index in [2.05, 4.69) is 0 Å². The van der Waals surface area contributed by atoms with Gasteiger partial charge in [-0.05, 0) is 30.5 Å². The van der Waals surface area contributed by atoms with Crippen LogP contribution >= 0.6 is 0 Å². The predicted octanol–water partition coefficient (Wildman–Crippen LogP) is 2.22. The average molecular weight is 266 g/mol. The third-order valence-corrected chi connectivity index (χ3v) is 2.87. The first kappa shape index (κ1) is 15.5. The Bertz CT molecular complexity index is 413. The molecule has 0 amide bonds. The van der Waals surface area contributed by atoms with E-state index in [0.29, 0.717) is 11.5 Å². The van der Waals surface area contributed by atoms with E-state index >= 15 is 0 Å². The van der Waals surface area contributed by atoms with E-state index in [-0.39, 0.29) is 24.9 Å². The molecule has 0 aliphatic heterocycles. The Labute approximate surface area is 114 Å². The molecule has 4 nitrogen and oxygen atoms in total. The minimum atomic E-state index is -0.0326. The smallest absolute Gasteiger partial charge is 0.172 e. The number of rotatable bonds is 8. The van der Waals surface area contributed by atoms with Gasteiger partial charge in [-0.2, -0.15) is 0 Å². The molecule has 1 aromatic rings. The minimum Gasteiger partial charge on any atom is -0.493 e. The molecule has 0 saturated carbocycles. The second-order valence-corrected chi connectivity index (χ2v) is 4.72. The van der Waals surface area contributed by atoms with E-state index in [1.54, 1.807) is 13.2 Å². The Kier molecular flexibility index (Phi) is 6.36. The normalized spacial score (nSPS) is 10.6. The fourth-order valence-electron chi connectivity index (χ4n) is 1.59. The number of ether oxygens (including phenoxy) is 2. The molecule has 0 fully saturated rings. The van der Waals surface area contributed by atoms with Crippen LogP contribution in [-0.4, -0.2) is 31.2 Å². The first-order valence-corrected chi connectivity index (χ1v) is 6.51. The summed E-state index contributed by atoms with van der Waals surface area (Å²) in [6, 6.07) is 5.61. The van der Waals surface area contributed by atoms with Gasteiger partial charge in [-0.15, -0.1) is 0 Å².